The van der Waals surface area contributed by atoms with Gasteiger partial charge in [-0.3, -0.25) is 14.9 Å². The number of rotatable bonds is 6. The molecule has 2 aromatic rings. The lowest BCUT2D eigenvalue weighted by molar-refractivity contribution is -0.387. The maximum absolute atomic E-state index is 14.4. The second-order valence-corrected chi connectivity index (χ2v) is 7.49. The van der Waals surface area contributed by atoms with Crippen molar-refractivity contribution in [3.63, 3.8) is 0 Å². The summed E-state index contributed by atoms with van der Waals surface area (Å²) >= 11 is 2.39. The van der Waals surface area contributed by atoms with E-state index in [1.54, 1.807) is 0 Å². The lowest BCUT2D eigenvalue weighted by Gasteiger charge is -2.31. The Balaban J connectivity index is 2.71. The van der Waals surface area contributed by atoms with E-state index in [4.69, 9.17) is 0 Å². The van der Waals surface area contributed by atoms with Crippen molar-refractivity contribution in [1.82, 2.24) is 0 Å². The van der Waals surface area contributed by atoms with E-state index in [9.17, 15) is 63.2 Å². The summed E-state index contributed by atoms with van der Waals surface area (Å²) in [6, 6.07) is 1.45. The average Bonchev–Trinajstić information content (AvgIpc) is 2.66. The highest BCUT2D eigenvalue weighted by Crippen LogP contribution is 2.54. The SMILES string of the molecule is O=C(Cc1c(Br)cc(C(F)(C(F)(F)F)C(F)(F)F)cc1OC(F)(F)F)c1cccc([N+](=O)[O-])c1F. The van der Waals surface area contributed by atoms with E-state index >= 15 is 0 Å². The Kier molecular flexibility index (Phi) is 7.46. The first-order chi connectivity index (χ1) is 15.7. The van der Waals surface area contributed by atoms with Gasteiger partial charge in [-0.15, -0.1) is 13.2 Å². The van der Waals surface area contributed by atoms with Crippen LogP contribution < -0.4 is 4.74 Å². The minimum atomic E-state index is -6.68. The van der Waals surface area contributed by atoms with Crippen molar-refractivity contribution in [2.24, 2.45) is 0 Å². The minimum absolute atomic E-state index is 0.170. The predicted molar refractivity (Wildman–Crippen MR) is 96.8 cm³/mol. The van der Waals surface area contributed by atoms with Crippen molar-refractivity contribution >= 4 is 27.4 Å². The molecule has 0 N–H and O–H groups in total. The van der Waals surface area contributed by atoms with Gasteiger partial charge in [-0.1, -0.05) is 22.0 Å². The second kappa shape index (κ2) is 9.23. The Morgan fingerprint density at radius 3 is 1.97 bits per heavy atom. The number of Topliss-reactive ketones (excluding diaryl/α,β-unsaturated/α-hetero) is 1. The van der Waals surface area contributed by atoms with E-state index in [1.165, 1.54) is 0 Å². The van der Waals surface area contributed by atoms with E-state index in [0.29, 0.717) is 12.1 Å². The van der Waals surface area contributed by atoms with E-state index < -0.39 is 86.0 Å². The van der Waals surface area contributed by atoms with E-state index in [0.717, 1.165) is 6.07 Å². The molecular formula is C18H7BrF11NO4. The number of carbonyl (C=O) groups is 1. The summed E-state index contributed by atoms with van der Waals surface area (Å²) in [5.74, 6) is -5.01. The van der Waals surface area contributed by atoms with Crippen LogP contribution in [0.1, 0.15) is 21.5 Å². The lowest BCUT2D eigenvalue weighted by atomic mass is 9.91. The summed E-state index contributed by atoms with van der Waals surface area (Å²) in [4.78, 5) is 22.0. The molecule has 0 radical (unpaired) electrons. The number of nitro benzene ring substituents is 1. The molecule has 0 spiro atoms. The molecule has 0 unspecified atom stereocenters. The molecule has 192 valence electrons. The van der Waals surface area contributed by atoms with Crippen molar-refractivity contribution in [3.8, 4) is 5.75 Å². The average molecular weight is 590 g/mol. The Morgan fingerprint density at radius 1 is 0.971 bits per heavy atom. The van der Waals surface area contributed by atoms with Crippen LogP contribution in [0.5, 0.6) is 5.75 Å². The fourth-order valence-corrected chi connectivity index (χ4v) is 3.40. The highest BCUT2D eigenvalue weighted by Gasteiger charge is 2.73. The minimum Gasteiger partial charge on any atom is -0.405 e. The first kappa shape index (κ1) is 28.3. The molecule has 0 aliphatic rings. The number of carbonyl (C=O) groups excluding carboxylic acids is 1. The van der Waals surface area contributed by atoms with Gasteiger partial charge in [0.15, 0.2) is 5.78 Å². The second-order valence-electron chi connectivity index (χ2n) is 6.63. The topological polar surface area (TPSA) is 69.4 Å². The Morgan fingerprint density at radius 2 is 1.51 bits per heavy atom. The molecule has 0 saturated heterocycles. The van der Waals surface area contributed by atoms with E-state index in [1.807, 2.05) is 0 Å². The summed E-state index contributed by atoms with van der Waals surface area (Å²) in [5.41, 5.74) is -11.8. The smallest absolute Gasteiger partial charge is 0.405 e. The number of benzene rings is 2. The number of hydrogen-bond donors (Lipinski definition) is 0. The van der Waals surface area contributed by atoms with Crippen LogP contribution in [-0.2, 0) is 12.1 Å². The van der Waals surface area contributed by atoms with Gasteiger partial charge in [0.1, 0.15) is 5.75 Å². The highest BCUT2D eigenvalue weighted by atomic mass is 79.9. The number of hydrogen-bond acceptors (Lipinski definition) is 4. The van der Waals surface area contributed by atoms with Gasteiger partial charge >= 0.3 is 30.1 Å². The third-order valence-electron chi connectivity index (χ3n) is 4.37. The maximum Gasteiger partial charge on any atom is 0.573 e. The van der Waals surface area contributed by atoms with Gasteiger partial charge in [-0.05, 0) is 18.2 Å². The molecule has 0 aliphatic heterocycles. The summed E-state index contributed by atoms with van der Waals surface area (Å²) in [7, 11) is 0. The first-order valence-corrected chi connectivity index (χ1v) is 9.37. The van der Waals surface area contributed by atoms with Crippen LogP contribution in [0.2, 0.25) is 0 Å². The lowest BCUT2D eigenvalue weighted by Crippen LogP contribution is -2.50. The van der Waals surface area contributed by atoms with Crippen molar-refractivity contribution in [3.05, 3.63) is 67.4 Å². The molecule has 0 heterocycles. The number of ketones is 1. The molecule has 17 heteroatoms. The van der Waals surface area contributed by atoms with Crippen LogP contribution in [0.4, 0.5) is 54.0 Å². The van der Waals surface area contributed by atoms with Gasteiger partial charge in [-0.2, -0.15) is 30.7 Å². The third kappa shape index (κ3) is 5.65. The van der Waals surface area contributed by atoms with E-state index in [2.05, 4.69) is 20.7 Å². The fraction of sp³-hybridized carbons (Fsp3) is 0.278. The maximum atomic E-state index is 14.4. The number of nitrogens with zero attached hydrogens (tertiary/aromatic N) is 1. The summed E-state index contributed by atoms with van der Waals surface area (Å²) in [5, 5.41) is 10.8. The molecule has 2 rings (SSSR count). The number of nitro groups is 1. The Hall–Kier alpha value is -2.98. The zero-order valence-electron chi connectivity index (χ0n) is 16.2. The van der Waals surface area contributed by atoms with Crippen molar-refractivity contribution in [2.75, 3.05) is 0 Å². The Bertz CT molecular complexity index is 1140. The highest BCUT2D eigenvalue weighted by molar-refractivity contribution is 9.10. The summed E-state index contributed by atoms with van der Waals surface area (Å²) in [6.45, 7) is 0. The third-order valence-corrected chi connectivity index (χ3v) is 5.08. The zero-order chi connectivity index (χ0) is 27.1. The number of ether oxygens (including phenoxy) is 1. The van der Waals surface area contributed by atoms with Crippen LogP contribution >= 0.6 is 15.9 Å². The van der Waals surface area contributed by atoms with Crippen LogP contribution in [0.15, 0.2) is 34.8 Å². The molecule has 35 heavy (non-hydrogen) atoms. The zero-order valence-corrected chi connectivity index (χ0v) is 17.8. The first-order valence-electron chi connectivity index (χ1n) is 8.57. The summed E-state index contributed by atoms with van der Waals surface area (Å²) in [6.07, 6.45) is -20.4. The van der Waals surface area contributed by atoms with Gasteiger partial charge in [-0.25, -0.2) is 4.39 Å². The van der Waals surface area contributed by atoms with Crippen LogP contribution in [0, 0.1) is 15.9 Å². The van der Waals surface area contributed by atoms with Gasteiger partial charge in [0, 0.05) is 28.1 Å². The molecule has 2 aromatic carbocycles. The molecule has 0 fully saturated rings. The quantitative estimate of drug-likeness (QED) is 0.156. The Labute approximate surface area is 194 Å². The van der Waals surface area contributed by atoms with E-state index in [-0.39, 0.29) is 6.07 Å². The van der Waals surface area contributed by atoms with Crippen LogP contribution in [0.25, 0.3) is 0 Å². The largest absolute Gasteiger partial charge is 0.573 e. The molecule has 0 amide bonds. The standard InChI is InChI=1S/C18H7BrF11NO4/c19-10-4-7(15(21,16(22,23)24)17(25,26)27)5-13(35-18(28,29)30)9(10)6-12(32)8-2-1-3-11(14(8)20)31(33)34/h1-5H,6H2. The summed E-state index contributed by atoms with van der Waals surface area (Å²) < 4.78 is 148. The molecule has 5 nitrogen and oxygen atoms in total. The molecule has 0 aromatic heterocycles. The van der Waals surface area contributed by atoms with Gasteiger partial charge < -0.3 is 4.74 Å². The van der Waals surface area contributed by atoms with Crippen molar-refractivity contribution in [2.45, 2.75) is 30.8 Å². The molecule has 0 saturated carbocycles. The molecular weight excluding hydrogens is 583 g/mol. The normalized spacial score (nSPS) is 13.0. The fourth-order valence-electron chi connectivity index (χ4n) is 2.82. The monoisotopic (exact) mass is 589 g/mol. The van der Waals surface area contributed by atoms with Gasteiger partial charge in [0.2, 0.25) is 5.82 Å². The molecule has 0 aliphatic carbocycles. The number of alkyl halides is 10. The van der Waals surface area contributed by atoms with Gasteiger partial charge in [0.05, 0.1) is 10.5 Å². The number of halogens is 12. The van der Waals surface area contributed by atoms with Crippen molar-refractivity contribution < 1.29 is 62.7 Å². The predicted octanol–water partition coefficient (Wildman–Crippen LogP) is 7.11. The van der Waals surface area contributed by atoms with Crippen LogP contribution in [0.3, 0.4) is 0 Å². The van der Waals surface area contributed by atoms with Crippen LogP contribution in [-0.4, -0.2) is 29.4 Å². The van der Waals surface area contributed by atoms with Gasteiger partial charge in [0.25, 0.3) is 0 Å². The van der Waals surface area contributed by atoms with Crippen molar-refractivity contribution in [1.29, 1.82) is 0 Å². The molecule has 0 bridgehead atoms. The molecule has 0 atom stereocenters.